The molecule has 1 nitrogen and oxygen atoms in total. The van der Waals surface area contributed by atoms with Gasteiger partial charge in [-0.3, -0.25) is 0 Å². The molecule has 0 bridgehead atoms. The van der Waals surface area contributed by atoms with Crippen molar-refractivity contribution < 1.29 is 0 Å². The van der Waals surface area contributed by atoms with Gasteiger partial charge in [0.15, 0.2) is 0 Å². The van der Waals surface area contributed by atoms with E-state index in [0.717, 1.165) is 6.54 Å². The van der Waals surface area contributed by atoms with E-state index in [1.807, 2.05) is 0 Å². The van der Waals surface area contributed by atoms with Gasteiger partial charge in [-0.25, -0.2) is 0 Å². The van der Waals surface area contributed by atoms with E-state index in [1.54, 1.807) is 0 Å². The van der Waals surface area contributed by atoms with Gasteiger partial charge >= 0.3 is 0 Å². The second-order valence-corrected chi connectivity index (χ2v) is 8.35. The quantitative estimate of drug-likeness (QED) is 0.805. The molecule has 0 radical (unpaired) electrons. The summed E-state index contributed by atoms with van der Waals surface area (Å²) in [4.78, 5) is 0. The predicted molar refractivity (Wildman–Crippen MR) is 90.5 cm³/mol. The fourth-order valence-corrected chi connectivity index (χ4v) is 2.38. The first-order chi connectivity index (χ1) is 9.00. The minimum Gasteiger partial charge on any atom is -0.311 e. The summed E-state index contributed by atoms with van der Waals surface area (Å²) in [6.45, 7) is 19.2. The Kier molecular flexibility index (Phi) is 5.43. The van der Waals surface area contributed by atoms with Gasteiger partial charge in [-0.15, -0.1) is 0 Å². The van der Waals surface area contributed by atoms with E-state index in [0.29, 0.717) is 11.8 Å². The van der Waals surface area contributed by atoms with Crippen LogP contribution in [-0.4, -0.2) is 12.1 Å². The van der Waals surface area contributed by atoms with Crippen molar-refractivity contribution in [1.29, 1.82) is 0 Å². The van der Waals surface area contributed by atoms with E-state index in [2.05, 4.69) is 85.0 Å². The minimum absolute atomic E-state index is 0.179. The van der Waals surface area contributed by atoms with Gasteiger partial charge in [-0.2, -0.15) is 0 Å². The zero-order valence-electron chi connectivity index (χ0n) is 14.7. The third-order valence-corrected chi connectivity index (χ3v) is 3.86. The van der Waals surface area contributed by atoms with E-state index < -0.39 is 0 Å². The lowest BCUT2D eigenvalue weighted by Crippen LogP contribution is -2.39. The number of benzene rings is 1. The number of hydrogen-bond acceptors (Lipinski definition) is 1. The molecule has 0 amide bonds. The molecule has 1 unspecified atom stereocenters. The van der Waals surface area contributed by atoms with Crippen LogP contribution in [0.15, 0.2) is 24.3 Å². The van der Waals surface area contributed by atoms with E-state index in [4.69, 9.17) is 0 Å². The third-order valence-electron chi connectivity index (χ3n) is 3.86. The topological polar surface area (TPSA) is 12.0 Å². The molecule has 20 heavy (non-hydrogen) atoms. The molecule has 0 aliphatic rings. The van der Waals surface area contributed by atoms with Crippen LogP contribution in [0.1, 0.15) is 72.4 Å². The first-order valence-electron chi connectivity index (χ1n) is 7.86. The van der Waals surface area contributed by atoms with E-state index in [-0.39, 0.29) is 11.0 Å². The van der Waals surface area contributed by atoms with Crippen LogP contribution in [0.4, 0.5) is 0 Å². The molecule has 0 aliphatic heterocycles. The summed E-state index contributed by atoms with van der Waals surface area (Å²) in [7, 11) is 0. The van der Waals surface area contributed by atoms with Crippen LogP contribution in [0.5, 0.6) is 0 Å². The summed E-state index contributed by atoms with van der Waals surface area (Å²) in [6.07, 6.45) is 0. The Morgan fingerprint density at radius 1 is 0.900 bits per heavy atom. The molecule has 1 aromatic carbocycles. The summed E-state index contributed by atoms with van der Waals surface area (Å²) in [5.74, 6) is 1.22. The molecule has 114 valence electrons. The molecule has 0 heterocycles. The smallest absolute Gasteiger partial charge is 0.00967 e. The van der Waals surface area contributed by atoms with Crippen molar-refractivity contribution in [3.8, 4) is 0 Å². The average molecular weight is 275 g/mol. The molecule has 0 aliphatic carbocycles. The summed E-state index contributed by atoms with van der Waals surface area (Å²) in [5, 5.41) is 3.65. The van der Waals surface area contributed by atoms with Crippen molar-refractivity contribution in [1.82, 2.24) is 5.32 Å². The molecule has 1 heteroatoms. The Morgan fingerprint density at radius 2 is 1.40 bits per heavy atom. The van der Waals surface area contributed by atoms with Gasteiger partial charge in [0.1, 0.15) is 0 Å². The highest BCUT2D eigenvalue weighted by molar-refractivity contribution is 5.30. The molecule has 0 saturated carbocycles. The van der Waals surface area contributed by atoms with Gasteiger partial charge in [0, 0.05) is 12.1 Å². The van der Waals surface area contributed by atoms with Gasteiger partial charge < -0.3 is 5.32 Å². The Morgan fingerprint density at radius 3 is 1.75 bits per heavy atom. The Labute approximate surface area is 126 Å². The standard InChI is InChI=1S/C19H33N/c1-14(2)17(13-20-19(6,7)8)15-9-11-16(12-10-15)18(3,4)5/h9-12,14,17,20H,13H2,1-8H3. The summed E-state index contributed by atoms with van der Waals surface area (Å²) in [6, 6.07) is 9.22. The lowest BCUT2D eigenvalue weighted by atomic mass is 9.83. The maximum Gasteiger partial charge on any atom is 0.00967 e. The van der Waals surface area contributed by atoms with Crippen molar-refractivity contribution in [2.75, 3.05) is 6.54 Å². The lowest BCUT2D eigenvalue weighted by Gasteiger charge is -2.28. The zero-order valence-corrected chi connectivity index (χ0v) is 14.7. The fourth-order valence-electron chi connectivity index (χ4n) is 2.38. The van der Waals surface area contributed by atoms with Crippen molar-refractivity contribution >= 4 is 0 Å². The maximum absolute atomic E-state index is 3.65. The van der Waals surface area contributed by atoms with Crippen LogP contribution < -0.4 is 5.32 Å². The van der Waals surface area contributed by atoms with E-state index in [9.17, 15) is 0 Å². The Hall–Kier alpha value is -0.820. The predicted octanol–water partition coefficient (Wildman–Crippen LogP) is 5.11. The molecule has 0 aromatic heterocycles. The van der Waals surface area contributed by atoms with Crippen LogP contribution in [0.3, 0.4) is 0 Å². The second kappa shape index (κ2) is 6.30. The number of rotatable bonds is 4. The monoisotopic (exact) mass is 275 g/mol. The molecule has 0 fully saturated rings. The van der Waals surface area contributed by atoms with Crippen molar-refractivity contribution in [2.24, 2.45) is 5.92 Å². The molecule has 0 saturated heterocycles. The molecular formula is C19H33N. The summed E-state index contributed by atoms with van der Waals surface area (Å²) >= 11 is 0. The lowest BCUT2D eigenvalue weighted by molar-refractivity contribution is 0.372. The molecule has 1 atom stereocenters. The van der Waals surface area contributed by atoms with Gasteiger partial charge in [0.2, 0.25) is 0 Å². The summed E-state index contributed by atoms with van der Waals surface area (Å²) in [5.41, 5.74) is 3.27. The van der Waals surface area contributed by atoms with Gasteiger partial charge in [0.25, 0.3) is 0 Å². The van der Waals surface area contributed by atoms with Gasteiger partial charge in [-0.1, -0.05) is 58.9 Å². The molecule has 1 N–H and O–H groups in total. The van der Waals surface area contributed by atoms with Crippen LogP contribution in [0.2, 0.25) is 0 Å². The van der Waals surface area contributed by atoms with E-state index >= 15 is 0 Å². The van der Waals surface area contributed by atoms with Gasteiger partial charge in [-0.05, 0) is 49.1 Å². The van der Waals surface area contributed by atoms with Crippen molar-refractivity contribution in [2.45, 2.75) is 72.3 Å². The second-order valence-electron chi connectivity index (χ2n) is 8.35. The number of nitrogens with one attached hydrogen (secondary N) is 1. The molecule has 1 aromatic rings. The minimum atomic E-state index is 0.179. The highest BCUT2D eigenvalue weighted by Crippen LogP contribution is 2.28. The van der Waals surface area contributed by atoms with Crippen LogP contribution >= 0.6 is 0 Å². The number of hydrogen-bond donors (Lipinski definition) is 1. The Balaban J connectivity index is 2.88. The zero-order chi connectivity index (χ0) is 15.6. The fraction of sp³-hybridized carbons (Fsp3) is 0.684. The molecule has 0 spiro atoms. The largest absolute Gasteiger partial charge is 0.311 e. The third kappa shape index (κ3) is 5.28. The highest BCUT2D eigenvalue weighted by Gasteiger charge is 2.20. The summed E-state index contributed by atoms with van der Waals surface area (Å²) < 4.78 is 0. The van der Waals surface area contributed by atoms with Crippen LogP contribution in [0.25, 0.3) is 0 Å². The highest BCUT2D eigenvalue weighted by atomic mass is 14.9. The maximum atomic E-state index is 3.65. The molecule has 1 rings (SSSR count). The first-order valence-corrected chi connectivity index (χ1v) is 7.86. The van der Waals surface area contributed by atoms with Gasteiger partial charge in [0.05, 0.1) is 0 Å². The van der Waals surface area contributed by atoms with Crippen LogP contribution in [-0.2, 0) is 5.41 Å². The molecular weight excluding hydrogens is 242 g/mol. The first kappa shape index (κ1) is 17.2. The van der Waals surface area contributed by atoms with Crippen LogP contribution in [0, 0.1) is 5.92 Å². The Bertz CT molecular complexity index is 401. The van der Waals surface area contributed by atoms with Crippen molar-refractivity contribution in [3.05, 3.63) is 35.4 Å². The van der Waals surface area contributed by atoms with Crippen molar-refractivity contribution in [3.63, 3.8) is 0 Å². The normalized spacial score (nSPS) is 14.7. The van der Waals surface area contributed by atoms with E-state index in [1.165, 1.54) is 11.1 Å². The SMILES string of the molecule is CC(C)C(CNC(C)(C)C)c1ccc(C(C)(C)C)cc1. The average Bonchev–Trinajstić information content (AvgIpc) is 2.26.